The lowest BCUT2D eigenvalue weighted by Crippen LogP contribution is -2.16. The highest BCUT2D eigenvalue weighted by Gasteiger charge is 2.22. The van der Waals surface area contributed by atoms with Crippen molar-refractivity contribution in [2.45, 2.75) is 80.6 Å². The van der Waals surface area contributed by atoms with E-state index in [0.29, 0.717) is 0 Å². The first-order valence-electron chi connectivity index (χ1n) is 8.76. The van der Waals surface area contributed by atoms with Crippen LogP contribution < -0.4 is 4.74 Å². The third kappa shape index (κ3) is 5.51. The summed E-state index contributed by atoms with van der Waals surface area (Å²) in [6, 6.07) is 2.24. The summed E-state index contributed by atoms with van der Waals surface area (Å²) in [5.41, 5.74) is 5.45. The highest BCUT2D eigenvalue weighted by atomic mass is 16.5. The normalized spacial score (nSPS) is 9.91. The molecule has 0 N–H and O–H groups in total. The van der Waals surface area contributed by atoms with Gasteiger partial charge in [-0.2, -0.15) is 0 Å². The van der Waals surface area contributed by atoms with Gasteiger partial charge in [0.2, 0.25) is 0 Å². The maximum absolute atomic E-state index is 5.60. The van der Waals surface area contributed by atoms with Gasteiger partial charge in [-0.25, -0.2) is 0 Å². The molecule has 0 unspecified atom stereocenters. The van der Waals surface area contributed by atoms with E-state index in [9.17, 15) is 0 Å². The minimum Gasteiger partial charge on any atom is -0.496 e. The molecular formula is C21H38O. The van der Waals surface area contributed by atoms with E-state index in [0.717, 1.165) is 24.2 Å². The molecule has 1 aromatic rings. The SMILES string of the molecule is C=Cc1cc(C(C)(C)C)c(CC)c(CC)c1OC.CC.CC. The molecule has 0 radical (unpaired) electrons. The van der Waals surface area contributed by atoms with Crippen LogP contribution >= 0.6 is 0 Å². The lowest BCUT2D eigenvalue weighted by atomic mass is 9.79. The first-order valence-corrected chi connectivity index (χ1v) is 8.76. The fraction of sp³-hybridized carbons (Fsp3) is 0.619. The number of hydrogen-bond acceptors (Lipinski definition) is 1. The lowest BCUT2D eigenvalue weighted by molar-refractivity contribution is 0.407. The zero-order valence-corrected chi connectivity index (χ0v) is 16.7. The zero-order chi connectivity index (χ0) is 17.9. The quantitative estimate of drug-likeness (QED) is 0.593. The van der Waals surface area contributed by atoms with Gasteiger partial charge in [0.25, 0.3) is 0 Å². The van der Waals surface area contributed by atoms with Crippen molar-refractivity contribution in [2.75, 3.05) is 7.11 Å². The van der Waals surface area contributed by atoms with E-state index in [1.807, 2.05) is 33.8 Å². The van der Waals surface area contributed by atoms with Crippen LogP contribution in [0.2, 0.25) is 0 Å². The van der Waals surface area contributed by atoms with Crippen LogP contribution in [0.1, 0.15) is 84.6 Å². The average Bonchev–Trinajstić information content (AvgIpc) is 2.55. The molecule has 1 aromatic carbocycles. The van der Waals surface area contributed by atoms with Gasteiger partial charge in [-0.3, -0.25) is 0 Å². The van der Waals surface area contributed by atoms with E-state index in [4.69, 9.17) is 4.74 Å². The average molecular weight is 307 g/mol. The molecule has 0 aliphatic heterocycles. The molecule has 128 valence electrons. The Morgan fingerprint density at radius 2 is 1.45 bits per heavy atom. The van der Waals surface area contributed by atoms with Gasteiger partial charge in [0.05, 0.1) is 7.11 Å². The van der Waals surface area contributed by atoms with Crippen LogP contribution in [0.5, 0.6) is 5.75 Å². The van der Waals surface area contributed by atoms with Crippen LogP contribution in [0, 0.1) is 0 Å². The van der Waals surface area contributed by atoms with Crippen LogP contribution in [0.4, 0.5) is 0 Å². The smallest absolute Gasteiger partial charge is 0.129 e. The molecule has 22 heavy (non-hydrogen) atoms. The Hall–Kier alpha value is -1.24. The molecule has 0 heterocycles. The number of rotatable bonds is 4. The van der Waals surface area contributed by atoms with Gasteiger partial charge in [0.15, 0.2) is 0 Å². The largest absolute Gasteiger partial charge is 0.496 e. The summed E-state index contributed by atoms with van der Waals surface area (Å²) in [6.07, 6.45) is 3.94. The van der Waals surface area contributed by atoms with Crippen LogP contribution in [0.3, 0.4) is 0 Å². The molecule has 0 amide bonds. The molecule has 0 saturated carbocycles. The second-order valence-electron chi connectivity index (χ2n) is 5.66. The summed E-state index contributed by atoms with van der Waals surface area (Å²) >= 11 is 0. The van der Waals surface area contributed by atoms with Crippen LogP contribution in [-0.4, -0.2) is 7.11 Å². The monoisotopic (exact) mass is 306 g/mol. The predicted octanol–water partition coefficient (Wildman–Crippen LogP) is 6.81. The number of benzene rings is 1. The molecule has 0 fully saturated rings. The molecule has 0 atom stereocenters. The number of ether oxygens (including phenoxy) is 1. The Bertz CT molecular complexity index is 436. The van der Waals surface area contributed by atoms with Crippen molar-refractivity contribution >= 4 is 6.08 Å². The van der Waals surface area contributed by atoms with Gasteiger partial charge in [-0.05, 0) is 41.0 Å². The van der Waals surface area contributed by atoms with Crippen molar-refractivity contribution in [3.63, 3.8) is 0 Å². The van der Waals surface area contributed by atoms with Crippen molar-refractivity contribution in [1.29, 1.82) is 0 Å². The Morgan fingerprint density at radius 3 is 1.73 bits per heavy atom. The topological polar surface area (TPSA) is 9.23 Å². The summed E-state index contributed by atoms with van der Waals surface area (Å²) in [7, 11) is 1.75. The predicted molar refractivity (Wildman–Crippen MR) is 103 cm³/mol. The molecular weight excluding hydrogens is 268 g/mol. The van der Waals surface area contributed by atoms with Gasteiger partial charge >= 0.3 is 0 Å². The molecule has 0 spiro atoms. The second-order valence-corrected chi connectivity index (χ2v) is 5.66. The molecule has 0 aliphatic rings. The first kappa shape index (κ1) is 23.0. The van der Waals surface area contributed by atoms with Gasteiger partial charge in [0.1, 0.15) is 5.75 Å². The molecule has 0 saturated heterocycles. The molecule has 0 aliphatic carbocycles. The summed E-state index contributed by atoms with van der Waals surface area (Å²) in [5.74, 6) is 0.998. The summed E-state index contributed by atoms with van der Waals surface area (Å²) < 4.78 is 5.60. The van der Waals surface area contributed by atoms with Gasteiger partial charge in [-0.1, -0.05) is 75.0 Å². The highest BCUT2D eigenvalue weighted by molar-refractivity contribution is 5.63. The van der Waals surface area contributed by atoms with Crippen LogP contribution in [-0.2, 0) is 18.3 Å². The van der Waals surface area contributed by atoms with Gasteiger partial charge < -0.3 is 4.74 Å². The Kier molecular flexibility index (Phi) is 11.9. The van der Waals surface area contributed by atoms with Crippen molar-refractivity contribution in [3.8, 4) is 5.75 Å². The molecule has 1 rings (SSSR count). The highest BCUT2D eigenvalue weighted by Crippen LogP contribution is 2.37. The lowest BCUT2D eigenvalue weighted by Gasteiger charge is -2.27. The van der Waals surface area contributed by atoms with E-state index >= 15 is 0 Å². The van der Waals surface area contributed by atoms with Gasteiger partial charge in [-0.15, -0.1) is 0 Å². The van der Waals surface area contributed by atoms with E-state index < -0.39 is 0 Å². The second kappa shape index (κ2) is 11.3. The third-order valence-electron chi connectivity index (χ3n) is 3.46. The summed E-state index contributed by atoms with van der Waals surface area (Å²) in [6.45, 7) is 23.1. The fourth-order valence-electron chi connectivity index (χ4n) is 2.62. The van der Waals surface area contributed by atoms with E-state index in [1.165, 1.54) is 16.7 Å². The minimum atomic E-state index is 0.152. The minimum absolute atomic E-state index is 0.152. The van der Waals surface area contributed by atoms with Crippen LogP contribution in [0.25, 0.3) is 6.08 Å². The van der Waals surface area contributed by atoms with Gasteiger partial charge in [0, 0.05) is 5.56 Å². The van der Waals surface area contributed by atoms with E-state index in [2.05, 4.69) is 47.3 Å². The Balaban J connectivity index is 0. The Labute approximate surface area is 139 Å². The van der Waals surface area contributed by atoms with Crippen molar-refractivity contribution < 1.29 is 4.74 Å². The fourth-order valence-corrected chi connectivity index (χ4v) is 2.62. The molecule has 1 nitrogen and oxygen atoms in total. The van der Waals surface area contributed by atoms with Crippen molar-refractivity contribution in [2.24, 2.45) is 0 Å². The summed E-state index contributed by atoms with van der Waals surface area (Å²) in [4.78, 5) is 0. The van der Waals surface area contributed by atoms with Crippen LogP contribution in [0.15, 0.2) is 12.6 Å². The molecule has 0 aromatic heterocycles. The number of methoxy groups -OCH3 is 1. The van der Waals surface area contributed by atoms with Crippen molar-refractivity contribution in [3.05, 3.63) is 34.9 Å². The maximum atomic E-state index is 5.60. The molecule has 1 heteroatoms. The summed E-state index contributed by atoms with van der Waals surface area (Å²) in [5, 5.41) is 0. The number of hydrogen-bond donors (Lipinski definition) is 0. The maximum Gasteiger partial charge on any atom is 0.129 e. The first-order chi connectivity index (χ1) is 10.4. The van der Waals surface area contributed by atoms with E-state index in [1.54, 1.807) is 7.11 Å². The Morgan fingerprint density at radius 1 is 1.00 bits per heavy atom. The standard InChI is InChI=1S/C17H26O.2C2H6/c1-8-12-11-15(17(4,5)6)13(9-2)14(10-3)16(12)18-7;2*1-2/h8,11H,1,9-10H2,2-7H3;2*1-2H3. The third-order valence-corrected chi connectivity index (χ3v) is 3.46. The zero-order valence-electron chi connectivity index (χ0n) is 16.7. The van der Waals surface area contributed by atoms with Crippen molar-refractivity contribution in [1.82, 2.24) is 0 Å². The molecule has 0 bridgehead atoms. The van der Waals surface area contributed by atoms with E-state index in [-0.39, 0.29) is 5.41 Å².